The SMILES string of the molecule is C1=Cc2ccccc2[N-]c2ccccc21.CC(C)c1cccc(C(C)C)c1N1[CH-]N(c2c(C(C)C)cccc2C(C)C)c2ccccc21.[Au]. The van der Waals surface area contributed by atoms with Crippen LogP contribution in [0.3, 0.4) is 0 Å². The van der Waals surface area contributed by atoms with Crippen molar-refractivity contribution in [3.05, 3.63) is 155 Å². The maximum absolute atomic E-state index is 4.64. The van der Waals surface area contributed by atoms with Crippen LogP contribution in [0.2, 0.25) is 0 Å². The van der Waals surface area contributed by atoms with E-state index >= 15 is 0 Å². The van der Waals surface area contributed by atoms with Crippen molar-refractivity contribution in [2.75, 3.05) is 9.80 Å². The molecule has 257 valence electrons. The van der Waals surface area contributed by atoms with Gasteiger partial charge in [0.25, 0.3) is 0 Å². The van der Waals surface area contributed by atoms with Crippen molar-refractivity contribution < 1.29 is 22.4 Å². The Morgan fingerprint density at radius 3 is 1.10 bits per heavy atom. The summed E-state index contributed by atoms with van der Waals surface area (Å²) in [6.45, 7) is 20.7. The van der Waals surface area contributed by atoms with Gasteiger partial charge >= 0.3 is 0 Å². The van der Waals surface area contributed by atoms with Crippen molar-refractivity contribution in [2.24, 2.45) is 0 Å². The average Bonchev–Trinajstić information content (AvgIpc) is 3.35. The Labute approximate surface area is 310 Å². The molecule has 0 fully saturated rings. The molecule has 7 rings (SSSR count). The molecule has 0 spiro atoms. The van der Waals surface area contributed by atoms with Gasteiger partial charge in [-0.2, -0.15) is 0 Å². The van der Waals surface area contributed by atoms with Gasteiger partial charge in [0.2, 0.25) is 0 Å². The summed E-state index contributed by atoms with van der Waals surface area (Å²) < 4.78 is 0. The molecule has 0 atom stereocenters. The Hall–Kier alpha value is -4.02. The van der Waals surface area contributed by atoms with Crippen molar-refractivity contribution in [1.29, 1.82) is 0 Å². The van der Waals surface area contributed by atoms with Crippen molar-refractivity contribution >= 4 is 46.3 Å². The molecule has 0 saturated carbocycles. The number of benzene rings is 5. The zero-order valence-electron chi connectivity index (χ0n) is 30.1. The van der Waals surface area contributed by atoms with E-state index in [0.717, 1.165) is 11.4 Å². The minimum atomic E-state index is 0. The van der Waals surface area contributed by atoms with E-state index < -0.39 is 0 Å². The van der Waals surface area contributed by atoms with Crippen LogP contribution >= 0.6 is 0 Å². The van der Waals surface area contributed by atoms with Crippen LogP contribution in [0.15, 0.2) is 109 Å². The summed E-state index contributed by atoms with van der Waals surface area (Å²) in [5.41, 5.74) is 15.2. The standard InChI is InChI=1S/C31H39N2.C14H10N.Au/c1-20(2)24-13-11-14-25(21(3)4)30(24)32-19-33(29-18-10-9-17-28(29)32)31-26(22(5)6)15-12-16-27(31)23(7)8;1-3-7-13-11(5-1)9-10-12-6-2-4-8-14(12)15-13;/h9-23H,1-8H3;1-10H;/q2*-1;. The third kappa shape index (κ3) is 7.45. The average molecular weight is 829 g/mol. The molecule has 0 N–H and O–H groups in total. The van der Waals surface area contributed by atoms with Crippen LogP contribution in [0, 0.1) is 6.67 Å². The summed E-state index contributed by atoms with van der Waals surface area (Å²) in [7, 11) is 0. The van der Waals surface area contributed by atoms with Gasteiger partial charge < -0.3 is 15.1 Å². The minimum absolute atomic E-state index is 0. The van der Waals surface area contributed by atoms with E-state index in [-0.39, 0.29) is 22.4 Å². The zero-order valence-corrected chi connectivity index (χ0v) is 32.2. The predicted molar refractivity (Wildman–Crippen MR) is 209 cm³/mol. The number of para-hydroxylation sites is 6. The van der Waals surface area contributed by atoms with E-state index in [4.69, 9.17) is 0 Å². The van der Waals surface area contributed by atoms with Crippen molar-refractivity contribution in [3.8, 4) is 0 Å². The van der Waals surface area contributed by atoms with Crippen LogP contribution in [0.5, 0.6) is 0 Å². The van der Waals surface area contributed by atoms with Crippen molar-refractivity contribution in [1.82, 2.24) is 0 Å². The summed E-state index contributed by atoms with van der Waals surface area (Å²) >= 11 is 0. The molecule has 0 saturated heterocycles. The summed E-state index contributed by atoms with van der Waals surface area (Å²) in [6, 6.07) is 38.8. The van der Waals surface area contributed by atoms with Crippen molar-refractivity contribution in [2.45, 2.75) is 79.1 Å². The number of anilines is 4. The fraction of sp³-hybridized carbons (Fsp3) is 0.267. The number of rotatable bonds is 6. The first-order valence-corrected chi connectivity index (χ1v) is 17.5. The molecule has 0 unspecified atom stereocenters. The Kier molecular flexibility index (Phi) is 11.6. The summed E-state index contributed by atoms with van der Waals surface area (Å²) in [6.07, 6.45) is 4.23. The molecule has 0 amide bonds. The van der Waals surface area contributed by atoms with Gasteiger partial charge in [0, 0.05) is 45.1 Å². The monoisotopic (exact) mass is 828 g/mol. The van der Waals surface area contributed by atoms with E-state index in [1.54, 1.807) is 0 Å². The molecule has 1 radical (unpaired) electrons. The van der Waals surface area contributed by atoms with Gasteiger partial charge in [-0.3, -0.25) is 0 Å². The van der Waals surface area contributed by atoms with E-state index in [2.05, 4.69) is 162 Å². The van der Waals surface area contributed by atoms with Gasteiger partial charge in [-0.1, -0.05) is 165 Å². The number of fused-ring (bicyclic) bond motifs is 3. The van der Waals surface area contributed by atoms with E-state index in [1.165, 1.54) is 56.1 Å². The van der Waals surface area contributed by atoms with Crippen LogP contribution < -0.4 is 9.80 Å². The summed E-state index contributed by atoms with van der Waals surface area (Å²) in [5, 5.41) is 4.64. The predicted octanol–water partition coefficient (Wildman–Crippen LogP) is 14.1. The van der Waals surface area contributed by atoms with E-state index in [1.807, 2.05) is 36.4 Å². The Morgan fingerprint density at radius 2 is 0.755 bits per heavy atom. The Bertz CT molecular complexity index is 1730. The molecule has 49 heavy (non-hydrogen) atoms. The number of nitrogens with zero attached hydrogens (tertiary/aromatic N) is 3. The molecule has 4 heteroatoms. The van der Waals surface area contributed by atoms with E-state index in [9.17, 15) is 0 Å². The molecular formula is C45H49AuN3-2. The second-order valence-electron chi connectivity index (χ2n) is 14.1. The molecule has 3 nitrogen and oxygen atoms in total. The number of hydrogen-bond donors (Lipinski definition) is 0. The minimum Gasteiger partial charge on any atom is -0.657 e. The molecule has 0 bridgehead atoms. The van der Waals surface area contributed by atoms with Crippen LogP contribution in [0.25, 0.3) is 17.5 Å². The van der Waals surface area contributed by atoms with Gasteiger partial charge in [-0.15, -0.1) is 18.0 Å². The quantitative estimate of drug-likeness (QED) is 0.123. The summed E-state index contributed by atoms with van der Waals surface area (Å²) in [5.74, 6) is 1.79. The van der Waals surface area contributed by atoms with Gasteiger partial charge in [0.05, 0.1) is 0 Å². The molecule has 5 aromatic carbocycles. The van der Waals surface area contributed by atoms with Crippen LogP contribution in [0.4, 0.5) is 34.1 Å². The first-order valence-electron chi connectivity index (χ1n) is 17.5. The smallest absolute Gasteiger partial charge is 0.0345 e. The molecule has 2 aliphatic rings. The largest absolute Gasteiger partial charge is 0.657 e. The summed E-state index contributed by atoms with van der Waals surface area (Å²) in [4.78, 5) is 4.89. The van der Waals surface area contributed by atoms with Crippen LogP contribution in [-0.4, -0.2) is 0 Å². The Balaban J connectivity index is 0.000000243. The maximum atomic E-state index is 4.64. The number of hydrogen-bond acceptors (Lipinski definition) is 2. The second kappa shape index (κ2) is 15.7. The maximum Gasteiger partial charge on any atom is 0.0345 e. The van der Waals surface area contributed by atoms with Gasteiger partial charge in [-0.05, 0) is 69.2 Å². The molecule has 0 aliphatic carbocycles. The zero-order chi connectivity index (χ0) is 33.9. The fourth-order valence-corrected chi connectivity index (χ4v) is 6.82. The third-order valence-corrected chi connectivity index (χ3v) is 9.36. The molecule has 0 aromatic heterocycles. The topological polar surface area (TPSA) is 20.6 Å². The first kappa shape index (κ1) is 36.3. The van der Waals surface area contributed by atoms with Gasteiger partial charge in [-0.25, -0.2) is 0 Å². The Morgan fingerprint density at radius 1 is 0.429 bits per heavy atom. The fourth-order valence-electron chi connectivity index (χ4n) is 6.82. The van der Waals surface area contributed by atoms with Gasteiger partial charge in [0.15, 0.2) is 0 Å². The van der Waals surface area contributed by atoms with E-state index in [0.29, 0.717) is 23.7 Å². The molecular weight excluding hydrogens is 779 g/mol. The third-order valence-electron chi connectivity index (χ3n) is 9.36. The van der Waals surface area contributed by atoms with Crippen LogP contribution in [-0.2, 0) is 22.4 Å². The molecule has 2 aliphatic heterocycles. The van der Waals surface area contributed by atoms with Crippen molar-refractivity contribution in [3.63, 3.8) is 0 Å². The van der Waals surface area contributed by atoms with Gasteiger partial charge in [0.1, 0.15) is 0 Å². The second-order valence-corrected chi connectivity index (χ2v) is 14.1. The molecule has 2 heterocycles. The molecule has 5 aromatic rings. The normalized spacial score (nSPS) is 13.0. The first-order chi connectivity index (χ1) is 23.2. The van der Waals surface area contributed by atoms with Crippen LogP contribution in [0.1, 0.15) is 112 Å².